The molecule has 0 radical (unpaired) electrons. The quantitative estimate of drug-likeness (QED) is 0.667. The van der Waals surface area contributed by atoms with Crippen molar-refractivity contribution in [1.82, 2.24) is 5.32 Å². The third-order valence-corrected chi connectivity index (χ3v) is 5.91. The lowest BCUT2D eigenvalue weighted by molar-refractivity contribution is -0.119. The highest BCUT2D eigenvalue weighted by molar-refractivity contribution is 6.32. The van der Waals surface area contributed by atoms with Gasteiger partial charge in [-0.25, -0.2) is 0 Å². The van der Waals surface area contributed by atoms with E-state index in [1.807, 2.05) is 0 Å². The number of ether oxygens (including phenoxy) is 2. The van der Waals surface area contributed by atoms with Crippen molar-refractivity contribution in [2.45, 2.75) is 38.0 Å². The number of hydrogen-bond donors (Lipinski definition) is 2. The number of halogens is 1. The Morgan fingerprint density at radius 3 is 2.57 bits per heavy atom. The Kier molecular flexibility index (Phi) is 6.87. The Morgan fingerprint density at radius 2 is 1.93 bits per heavy atom. The van der Waals surface area contributed by atoms with Crippen molar-refractivity contribution < 1.29 is 19.1 Å². The lowest BCUT2D eigenvalue weighted by atomic mass is 9.78. The van der Waals surface area contributed by atoms with E-state index in [-0.39, 0.29) is 34.5 Å². The third-order valence-electron chi connectivity index (χ3n) is 5.63. The summed E-state index contributed by atoms with van der Waals surface area (Å²) in [7, 11) is 1.44. The Morgan fingerprint density at radius 1 is 1.20 bits per heavy atom. The van der Waals surface area contributed by atoms with Gasteiger partial charge in [0, 0.05) is 17.5 Å². The number of carbonyl (C=O) groups excluding carboxylic acids is 2. The van der Waals surface area contributed by atoms with Crippen molar-refractivity contribution in [1.29, 1.82) is 0 Å². The molecule has 0 spiro atoms. The fourth-order valence-corrected chi connectivity index (χ4v) is 4.35. The molecule has 0 unspecified atom stereocenters. The summed E-state index contributed by atoms with van der Waals surface area (Å²) in [4.78, 5) is 23.9. The predicted molar refractivity (Wildman–Crippen MR) is 116 cm³/mol. The maximum Gasteiger partial charge on any atom is 0.255 e. The van der Waals surface area contributed by atoms with Gasteiger partial charge in [-0.05, 0) is 37.5 Å². The molecule has 0 aliphatic heterocycles. The molecule has 0 atom stereocenters. The van der Waals surface area contributed by atoms with Crippen LogP contribution in [0.25, 0.3) is 0 Å². The monoisotopic (exact) mass is 430 g/mol. The van der Waals surface area contributed by atoms with Crippen LogP contribution in [0.4, 0.5) is 0 Å². The van der Waals surface area contributed by atoms with Gasteiger partial charge < -0.3 is 20.5 Å². The smallest absolute Gasteiger partial charge is 0.255 e. The zero-order chi connectivity index (χ0) is 21.7. The van der Waals surface area contributed by atoms with Crippen molar-refractivity contribution in [3.63, 3.8) is 0 Å². The maximum atomic E-state index is 12.9. The van der Waals surface area contributed by atoms with E-state index in [1.165, 1.54) is 24.3 Å². The normalized spacial score (nSPS) is 14.9. The first kappa shape index (κ1) is 22.0. The van der Waals surface area contributed by atoms with Crippen molar-refractivity contribution in [3.05, 3.63) is 58.1 Å². The first-order valence-corrected chi connectivity index (χ1v) is 10.4. The van der Waals surface area contributed by atoms with Crippen LogP contribution in [0.2, 0.25) is 5.02 Å². The second-order valence-corrected chi connectivity index (χ2v) is 8.19. The summed E-state index contributed by atoms with van der Waals surface area (Å²) in [6, 6.07) is 11.6. The van der Waals surface area contributed by atoms with E-state index in [9.17, 15) is 9.59 Å². The number of aryl methyl sites for hydroxylation is 1. The van der Waals surface area contributed by atoms with Crippen LogP contribution in [0.3, 0.4) is 0 Å². The Hall–Kier alpha value is -2.73. The van der Waals surface area contributed by atoms with E-state index in [0.29, 0.717) is 12.1 Å². The molecule has 0 heterocycles. The van der Waals surface area contributed by atoms with E-state index >= 15 is 0 Å². The van der Waals surface area contributed by atoms with E-state index in [1.54, 1.807) is 6.07 Å². The van der Waals surface area contributed by atoms with Gasteiger partial charge in [-0.1, -0.05) is 54.3 Å². The SMILES string of the molecule is COc1cc(C(=O)NCC2(c3cccc(C)c3)CCCC2)cc(Cl)c1OCC(N)=O. The Balaban J connectivity index is 1.78. The van der Waals surface area contributed by atoms with E-state index in [0.717, 1.165) is 25.7 Å². The van der Waals surface area contributed by atoms with Gasteiger partial charge in [-0.15, -0.1) is 0 Å². The first-order chi connectivity index (χ1) is 14.3. The van der Waals surface area contributed by atoms with Gasteiger partial charge in [-0.2, -0.15) is 0 Å². The minimum Gasteiger partial charge on any atom is -0.493 e. The molecule has 7 heteroatoms. The van der Waals surface area contributed by atoms with Crippen LogP contribution >= 0.6 is 11.6 Å². The lowest BCUT2D eigenvalue weighted by Gasteiger charge is -2.30. The number of primary amides is 1. The molecule has 0 saturated heterocycles. The van der Waals surface area contributed by atoms with Crippen molar-refractivity contribution in [3.8, 4) is 11.5 Å². The van der Waals surface area contributed by atoms with Gasteiger partial charge in [0.2, 0.25) is 0 Å². The fraction of sp³-hybridized carbons (Fsp3) is 0.391. The van der Waals surface area contributed by atoms with Crippen molar-refractivity contribution >= 4 is 23.4 Å². The molecule has 3 rings (SSSR count). The second kappa shape index (κ2) is 9.39. The Labute approximate surface area is 181 Å². The summed E-state index contributed by atoms with van der Waals surface area (Å²) in [6.45, 7) is 2.30. The average Bonchev–Trinajstić information content (AvgIpc) is 3.20. The molecule has 30 heavy (non-hydrogen) atoms. The minimum absolute atomic E-state index is 0.0555. The van der Waals surface area contributed by atoms with Gasteiger partial charge in [0.05, 0.1) is 12.1 Å². The average molecular weight is 431 g/mol. The molecule has 2 amide bonds. The zero-order valence-electron chi connectivity index (χ0n) is 17.3. The van der Waals surface area contributed by atoms with Gasteiger partial charge in [0.15, 0.2) is 18.1 Å². The summed E-state index contributed by atoms with van der Waals surface area (Å²) in [5.41, 5.74) is 7.91. The molecule has 6 nitrogen and oxygen atoms in total. The third kappa shape index (κ3) is 4.87. The van der Waals surface area contributed by atoms with E-state index in [4.69, 9.17) is 26.8 Å². The molecule has 1 fully saturated rings. The molecule has 160 valence electrons. The van der Waals surface area contributed by atoms with Gasteiger partial charge >= 0.3 is 0 Å². The van der Waals surface area contributed by atoms with Crippen molar-refractivity contribution in [2.75, 3.05) is 20.3 Å². The van der Waals surface area contributed by atoms with Crippen LogP contribution in [-0.4, -0.2) is 32.1 Å². The standard InChI is InChI=1S/C23H27ClN2O4/c1-15-6-5-7-17(10-15)23(8-3-4-9-23)14-26-22(28)16-11-18(24)21(19(12-16)29-2)30-13-20(25)27/h5-7,10-12H,3-4,8-9,13-14H2,1-2H3,(H2,25,27)(H,26,28). The lowest BCUT2D eigenvalue weighted by Crippen LogP contribution is -2.39. The van der Waals surface area contributed by atoms with Crippen molar-refractivity contribution in [2.24, 2.45) is 5.73 Å². The van der Waals surface area contributed by atoms with Crippen LogP contribution in [-0.2, 0) is 10.2 Å². The summed E-state index contributed by atoms with van der Waals surface area (Å²) in [5.74, 6) is -0.423. The van der Waals surface area contributed by atoms with Crippen LogP contribution < -0.4 is 20.5 Å². The number of nitrogens with one attached hydrogen (secondary N) is 1. The highest BCUT2D eigenvalue weighted by atomic mass is 35.5. The number of methoxy groups -OCH3 is 1. The zero-order valence-corrected chi connectivity index (χ0v) is 18.1. The molecule has 1 aliphatic carbocycles. The fourth-order valence-electron chi connectivity index (χ4n) is 4.08. The summed E-state index contributed by atoms with van der Waals surface area (Å²) in [6.07, 6.45) is 4.38. The highest BCUT2D eigenvalue weighted by Gasteiger charge is 2.36. The largest absolute Gasteiger partial charge is 0.493 e. The van der Waals surface area contributed by atoms with Gasteiger partial charge in [-0.3, -0.25) is 9.59 Å². The van der Waals surface area contributed by atoms with Crippen LogP contribution in [0, 0.1) is 6.92 Å². The minimum atomic E-state index is -0.632. The number of hydrogen-bond acceptors (Lipinski definition) is 4. The molecule has 0 bridgehead atoms. The molecule has 2 aromatic rings. The molecule has 1 saturated carbocycles. The molecule has 3 N–H and O–H groups in total. The van der Waals surface area contributed by atoms with Crippen LogP contribution in [0.15, 0.2) is 36.4 Å². The van der Waals surface area contributed by atoms with E-state index in [2.05, 4.69) is 36.5 Å². The second-order valence-electron chi connectivity index (χ2n) is 7.78. The number of benzene rings is 2. The number of rotatable bonds is 8. The summed E-state index contributed by atoms with van der Waals surface area (Å²) in [5, 5.41) is 3.26. The number of carbonyl (C=O) groups is 2. The molecule has 0 aromatic heterocycles. The predicted octanol–water partition coefficient (Wildman–Crippen LogP) is 3.76. The van der Waals surface area contributed by atoms with Crippen LogP contribution in [0.1, 0.15) is 47.2 Å². The topological polar surface area (TPSA) is 90.7 Å². The van der Waals surface area contributed by atoms with Crippen LogP contribution in [0.5, 0.6) is 11.5 Å². The molecule has 1 aliphatic rings. The maximum absolute atomic E-state index is 12.9. The highest BCUT2D eigenvalue weighted by Crippen LogP contribution is 2.41. The summed E-state index contributed by atoms with van der Waals surface area (Å²) < 4.78 is 10.6. The summed E-state index contributed by atoms with van der Waals surface area (Å²) >= 11 is 6.27. The van der Waals surface area contributed by atoms with E-state index < -0.39 is 5.91 Å². The van der Waals surface area contributed by atoms with Gasteiger partial charge in [0.1, 0.15) is 0 Å². The molecule has 2 aromatic carbocycles. The Bertz CT molecular complexity index is 939. The van der Waals surface area contributed by atoms with Gasteiger partial charge in [0.25, 0.3) is 11.8 Å². The molecular weight excluding hydrogens is 404 g/mol. The number of amides is 2. The molecular formula is C23H27ClN2O4. The number of nitrogens with two attached hydrogens (primary N) is 1. The first-order valence-electron chi connectivity index (χ1n) is 9.98.